The summed E-state index contributed by atoms with van der Waals surface area (Å²) in [4.78, 5) is 24.0. The average molecular weight is 269 g/mol. The predicted molar refractivity (Wildman–Crippen MR) is 65.9 cm³/mol. The van der Waals surface area contributed by atoms with Crippen molar-refractivity contribution in [1.29, 1.82) is 0 Å². The highest BCUT2D eigenvalue weighted by Gasteiger charge is 2.13. The molecule has 0 saturated carbocycles. The van der Waals surface area contributed by atoms with Gasteiger partial charge in [0.2, 0.25) is 0 Å². The molecule has 9 nitrogen and oxygen atoms in total. The predicted octanol–water partition coefficient (Wildman–Crippen LogP) is -1.78. The molecular weight excluding hydrogens is 254 g/mol. The smallest absolute Gasteiger partial charge is 0.182 e. The van der Waals surface area contributed by atoms with Gasteiger partial charge in [-0.1, -0.05) is 0 Å². The Balaban J connectivity index is 0.000000192. The summed E-state index contributed by atoms with van der Waals surface area (Å²) in [5.41, 5.74) is 6.78. The summed E-state index contributed by atoms with van der Waals surface area (Å²) in [7, 11) is 0. The van der Waals surface area contributed by atoms with E-state index in [9.17, 15) is 4.79 Å². The van der Waals surface area contributed by atoms with Crippen molar-refractivity contribution in [3.05, 3.63) is 12.7 Å². The van der Waals surface area contributed by atoms with E-state index in [0.717, 1.165) is 0 Å². The van der Waals surface area contributed by atoms with Gasteiger partial charge in [0, 0.05) is 6.42 Å². The number of fused-ring (bicyclic) bond motifs is 1. The van der Waals surface area contributed by atoms with Gasteiger partial charge < -0.3 is 30.8 Å². The second-order valence-corrected chi connectivity index (χ2v) is 3.58. The van der Waals surface area contributed by atoms with Crippen molar-refractivity contribution in [2.75, 3.05) is 12.3 Å². The maximum Gasteiger partial charge on any atom is 0.182 e. The molecule has 104 valence electrons. The van der Waals surface area contributed by atoms with Crippen LogP contribution in [0.3, 0.4) is 0 Å². The zero-order valence-corrected chi connectivity index (χ0v) is 9.97. The largest absolute Gasteiger partial charge is 0.394 e. The molecule has 0 saturated heterocycles. The number of H-pyrrole nitrogens is 1. The normalized spacial score (nSPS) is 13.4. The number of carbonyl (C=O) groups excluding carboxylic acids is 1. The minimum Gasteiger partial charge on any atom is -0.394 e. The van der Waals surface area contributed by atoms with E-state index in [2.05, 4.69) is 19.9 Å². The van der Waals surface area contributed by atoms with Crippen LogP contribution in [0.1, 0.15) is 6.42 Å². The van der Waals surface area contributed by atoms with Gasteiger partial charge in [0.15, 0.2) is 11.5 Å². The van der Waals surface area contributed by atoms with Crippen molar-refractivity contribution in [3.63, 3.8) is 0 Å². The fourth-order valence-corrected chi connectivity index (χ4v) is 1.16. The number of imidazole rings is 1. The van der Waals surface area contributed by atoms with Gasteiger partial charge in [-0.3, -0.25) is 0 Å². The number of hydrogen-bond donors (Lipinski definition) is 5. The van der Waals surface area contributed by atoms with Crippen molar-refractivity contribution in [2.24, 2.45) is 0 Å². The van der Waals surface area contributed by atoms with Gasteiger partial charge in [0.05, 0.1) is 19.0 Å². The van der Waals surface area contributed by atoms with Crippen LogP contribution in [0.15, 0.2) is 12.7 Å². The van der Waals surface area contributed by atoms with E-state index < -0.39 is 18.8 Å². The van der Waals surface area contributed by atoms with E-state index in [1.165, 1.54) is 12.7 Å². The highest BCUT2D eigenvalue weighted by Crippen LogP contribution is 2.09. The second kappa shape index (κ2) is 7.36. The summed E-state index contributed by atoms with van der Waals surface area (Å²) in [6.45, 7) is -0.519. The summed E-state index contributed by atoms with van der Waals surface area (Å²) in [6, 6.07) is 0. The number of anilines is 1. The molecule has 0 aliphatic rings. The number of carbonyl (C=O) groups is 1. The Morgan fingerprint density at radius 2 is 2.05 bits per heavy atom. The molecule has 2 atom stereocenters. The lowest BCUT2D eigenvalue weighted by atomic mass is 10.2. The zero-order valence-electron chi connectivity index (χ0n) is 9.97. The molecule has 19 heavy (non-hydrogen) atoms. The topological polar surface area (TPSA) is 158 Å². The van der Waals surface area contributed by atoms with Gasteiger partial charge in [0.25, 0.3) is 0 Å². The lowest BCUT2D eigenvalue weighted by Crippen LogP contribution is -2.29. The molecule has 6 N–H and O–H groups in total. The Morgan fingerprint density at radius 1 is 1.32 bits per heavy atom. The van der Waals surface area contributed by atoms with Crippen LogP contribution >= 0.6 is 0 Å². The average Bonchev–Trinajstić information content (AvgIpc) is 2.88. The van der Waals surface area contributed by atoms with Crippen LogP contribution in [0.5, 0.6) is 0 Å². The van der Waals surface area contributed by atoms with Crippen molar-refractivity contribution in [3.8, 4) is 0 Å². The number of nitrogens with zero attached hydrogens (tertiary/aromatic N) is 3. The third-order valence-electron chi connectivity index (χ3n) is 2.22. The Hall–Kier alpha value is -2.10. The molecule has 0 radical (unpaired) electrons. The maximum absolute atomic E-state index is 9.68. The van der Waals surface area contributed by atoms with Crippen LogP contribution in [0.2, 0.25) is 0 Å². The Bertz CT molecular complexity index is 517. The number of nitrogens with one attached hydrogen (secondary N) is 1. The molecule has 0 aliphatic carbocycles. The number of hydrogen-bond acceptors (Lipinski definition) is 8. The molecule has 0 aliphatic heterocycles. The number of aromatic amines is 1. The number of nitrogen functional groups attached to an aromatic ring is 1. The van der Waals surface area contributed by atoms with E-state index in [1.54, 1.807) is 0 Å². The van der Waals surface area contributed by atoms with E-state index in [1.807, 2.05) is 0 Å². The molecule has 9 heteroatoms. The summed E-state index contributed by atoms with van der Waals surface area (Å²) in [6.07, 6.45) is 0.946. The summed E-state index contributed by atoms with van der Waals surface area (Å²) < 4.78 is 0. The standard InChI is InChI=1S/C5H5N5.C5H10O4/c6-4-3-5(9-1-7-3)10-2-8-4;6-2-1-4(8)5(9)3-7/h1-2H,(H3,6,7,8,9,10);2,4-5,7-9H,1,3H2. The first kappa shape index (κ1) is 15.0. The van der Waals surface area contributed by atoms with Crippen LogP contribution in [0.4, 0.5) is 5.82 Å². The fourth-order valence-electron chi connectivity index (χ4n) is 1.16. The summed E-state index contributed by atoms with van der Waals surface area (Å²) in [5.74, 6) is 0.433. The molecule has 0 bridgehead atoms. The van der Waals surface area contributed by atoms with E-state index >= 15 is 0 Å². The highest BCUT2D eigenvalue weighted by molar-refractivity contribution is 5.80. The number of aliphatic hydroxyl groups excluding tert-OH is 3. The van der Waals surface area contributed by atoms with Crippen LogP contribution in [0, 0.1) is 0 Å². The van der Waals surface area contributed by atoms with Gasteiger partial charge >= 0.3 is 0 Å². The second-order valence-electron chi connectivity index (χ2n) is 3.58. The molecule has 0 spiro atoms. The van der Waals surface area contributed by atoms with E-state index in [4.69, 9.17) is 21.1 Å². The van der Waals surface area contributed by atoms with Crippen LogP contribution < -0.4 is 5.73 Å². The lowest BCUT2D eigenvalue weighted by molar-refractivity contribution is -0.111. The minimum atomic E-state index is -1.20. The van der Waals surface area contributed by atoms with Crippen LogP contribution in [-0.4, -0.2) is 60.4 Å². The van der Waals surface area contributed by atoms with Gasteiger partial charge in [-0.2, -0.15) is 0 Å². The van der Waals surface area contributed by atoms with E-state index in [0.29, 0.717) is 23.3 Å². The van der Waals surface area contributed by atoms with Gasteiger partial charge in [-0.05, 0) is 0 Å². The molecule has 0 aromatic carbocycles. The number of aliphatic hydroxyl groups is 3. The SMILES string of the molecule is Nc1ncnc2nc[nH]c12.O=CCC(O)C(O)CO. The molecule has 2 heterocycles. The van der Waals surface area contributed by atoms with E-state index in [-0.39, 0.29) is 6.42 Å². The monoisotopic (exact) mass is 269 g/mol. The molecular formula is C10H15N5O4. The first-order valence-electron chi connectivity index (χ1n) is 5.40. The Labute approximate surface area is 108 Å². The van der Waals surface area contributed by atoms with Gasteiger partial charge in [-0.15, -0.1) is 0 Å². The zero-order chi connectivity index (χ0) is 14.3. The number of nitrogens with two attached hydrogens (primary N) is 1. The minimum absolute atomic E-state index is 0.137. The fraction of sp³-hybridized carbons (Fsp3) is 0.400. The van der Waals surface area contributed by atoms with Crippen molar-refractivity contribution < 1.29 is 20.1 Å². The van der Waals surface area contributed by atoms with Crippen LogP contribution in [0.25, 0.3) is 11.2 Å². The van der Waals surface area contributed by atoms with Crippen molar-refractivity contribution in [1.82, 2.24) is 19.9 Å². The highest BCUT2D eigenvalue weighted by atomic mass is 16.4. The first-order chi connectivity index (χ1) is 9.10. The van der Waals surface area contributed by atoms with Gasteiger partial charge in [0.1, 0.15) is 24.2 Å². The number of rotatable bonds is 4. The van der Waals surface area contributed by atoms with Crippen LogP contribution in [-0.2, 0) is 4.79 Å². The lowest BCUT2D eigenvalue weighted by Gasteiger charge is -2.11. The van der Waals surface area contributed by atoms with Crippen molar-refractivity contribution >= 4 is 23.3 Å². The van der Waals surface area contributed by atoms with Gasteiger partial charge in [-0.25, -0.2) is 15.0 Å². The Kier molecular flexibility index (Phi) is 5.79. The molecule has 0 fully saturated rings. The first-order valence-corrected chi connectivity index (χ1v) is 5.40. The molecule has 2 aromatic heterocycles. The third kappa shape index (κ3) is 4.25. The molecule has 2 aromatic rings. The molecule has 2 unspecified atom stereocenters. The third-order valence-corrected chi connectivity index (χ3v) is 2.22. The molecule has 2 rings (SSSR count). The maximum atomic E-state index is 9.68. The number of aldehydes is 1. The summed E-state index contributed by atoms with van der Waals surface area (Å²) in [5, 5.41) is 25.5. The Morgan fingerprint density at radius 3 is 2.63 bits per heavy atom. The quantitative estimate of drug-likeness (QED) is 0.407. The van der Waals surface area contributed by atoms with Crippen molar-refractivity contribution in [2.45, 2.75) is 18.6 Å². The molecule has 0 amide bonds. The summed E-state index contributed by atoms with van der Waals surface area (Å²) >= 11 is 0. The number of aromatic nitrogens is 4.